The van der Waals surface area contributed by atoms with E-state index in [4.69, 9.17) is 9.97 Å². The lowest BCUT2D eigenvalue weighted by Crippen LogP contribution is -2.27. The topological polar surface area (TPSA) is 82.7 Å². The van der Waals surface area contributed by atoms with Crippen molar-refractivity contribution >= 4 is 22.8 Å². The van der Waals surface area contributed by atoms with E-state index in [9.17, 15) is 4.79 Å². The normalized spacial score (nSPS) is 13.0. The number of benzene rings is 1. The Labute approximate surface area is 159 Å². The number of fused-ring (bicyclic) bond motifs is 2. The van der Waals surface area contributed by atoms with Crippen LogP contribution in [0.3, 0.4) is 0 Å². The Kier molecular flexibility index (Phi) is 4.91. The van der Waals surface area contributed by atoms with Gasteiger partial charge in [0.2, 0.25) is 0 Å². The molecule has 27 heavy (non-hydrogen) atoms. The van der Waals surface area contributed by atoms with Crippen molar-refractivity contribution in [2.45, 2.75) is 53.6 Å². The van der Waals surface area contributed by atoms with Crippen molar-refractivity contribution in [3.63, 3.8) is 0 Å². The SMILES string of the molecule is CC.Cc1nc2cccc(-c3cc4c([nH]3)CNC4=O)c2nc1NC(C)(C)C. The lowest BCUT2D eigenvalue weighted by Gasteiger charge is -2.22. The number of aryl methyl sites for hydroxylation is 1. The van der Waals surface area contributed by atoms with Crippen molar-refractivity contribution in [2.24, 2.45) is 0 Å². The second-order valence-electron chi connectivity index (χ2n) is 7.46. The largest absolute Gasteiger partial charge is 0.364 e. The average Bonchev–Trinajstić information content (AvgIpc) is 3.18. The number of carbonyl (C=O) groups is 1. The predicted octanol–water partition coefficient (Wildman–Crippen LogP) is 4.41. The molecule has 1 aromatic carbocycles. The molecule has 2 aromatic heterocycles. The van der Waals surface area contributed by atoms with E-state index in [2.05, 4.69) is 36.4 Å². The van der Waals surface area contributed by atoms with E-state index in [1.54, 1.807) is 0 Å². The highest BCUT2D eigenvalue weighted by Crippen LogP contribution is 2.31. The van der Waals surface area contributed by atoms with Gasteiger partial charge in [-0.25, -0.2) is 9.97 Å². The summed E-state index contributed by atoms with van der Waals surface area (Å²) in [6, 6.07) is 7.83. The fourth-order valence-corrected chi connectivity index (χ4v) is 3.10. The molecule has 0 bridgehead atoms. The Morgan fingerprint density at radius 2 is 1.85 bits per heavy atom. The van der Waals surface area contributed by atoms with Gasteiger partial charge in [-0.2, -0.15) is 0 Å². The minimum Gasteiger partial charge on any atom is -0.364 e. The summed E-state index contributed by atoms with van der Waals surface area (Å²) in [6.07, 6.45) is 0. The van der Waals surface area contributed by atoms with Crippen molar-refractivity contribution in [3.8, 4) is 11.3 Å². The first kappa shape index (κ1) is 18.9. The molecule has 6 heteroatoms. The summed E-state index contributed by atoms with van der Waals surface area (Å²) in [7, 11) is 0. The van der Waals surface area contributed by atoms with Gasteiger partial charge in [0.1, 0.15) is 11.3 Å². The number of hydrogen-bond acceptors (Lipinski definition) is 4. The Hall–Kier alpha value is -2.89. The summed E-state index contributed by atoms with van der Waals surface area (Å²) < 4.78 is 0. The molecule has 3 aromatic rings. The van der Waals surface area contributed by atoms with E-state index in [0.29, 0.717) is 12.1 Å². The van der Waals surface area contributed by atoms with E-state index in [0.717, 1.165) is 39.5 Å². The van der Waals surface area contributed by atoms with Gasteiger partial charge in [0, 0.05) is 22.5 Å². The van der Waals surface area contributed by atoms with Gasteiger partial charge >= 0.3 is 0 Å². The van der Waals surface area contributed by atoms with Crippen molar-refractivity contribution in [1.82, 2.24) is 20.3 Å². The van der Waals surface area contributed by atoms with Crippen LogP contribution in [-0.4, -0.2) is 26.4 Å². The zero-order chi connectivity index (χ0) is 19.8. The summed E-state index contributed by atoms with van der Waals surface area (Å²) in [5.41, 5.74) is 5.90. The van der Waals surface area contributed by atoms with E-state index < -0.39 is 0 Å². The van der Waals surface area contributed by atoms with E-state index in [1.165, 1.54) is 0 Å². The van der Waals surface area contributed by atoms with Gasteiger partial charge in [-0.05, 0) is 39.8 Å². The quantitative estimate of drug-likeness (QED) is 0.628. The molecule has 1 aliphatic rings. The van der Waals surface area contributed by atoms with Crippen LogP contribution in [0.5, 0.6) is 0 Å². The number of anilines is 1. The smallest absolute Gasteiger partial charge is 0.253 e. The monoisotopic (exact) mass is 365 g/mol. The van der Waals surface area contributed by atoms with Gasteiger partial charge in [-0.3, -0.25) is 4.79 Å². The lowest BCUT2D eigenvalue weighted by molar-refractivity contribution is 0.0965. The van der Waals surface area contributed by atoms with Gasteiger partial charge in [0.15, 0.2) is 0 Å². The van der Waals surface area contributed by atoms with Gasteiger partial charge in [0.25, 0.3) is 5.91 Å². The number of H-pyrrole nitrogens is 1. The van der Waals surface area contributed by atoms with Crippen LogP contribution < -0.4 is 10.6 Å². The molecule has 4 rings (SSSR count). The molecule has 0 radical (unpaired) electrons. The maximum absolute atomic E-state index is 11.9. The Morgan fingerprint density at radius 1 is 1.11 bits per heavy atom. The van der Waals surface area contributed by atoms with Crippen LogP contribution in [0.1, 0.15) is 56.4 Å². The number of nitrogens with one attached hydrogen (secondary N) is 3. The third-order valence-electron chi connectivity index (χ3n) is 4.22. The van der Waals surface area contributed by atoms with E-state index >= 15 is 0 Å². The number of amides is 1. The van der Waals surface area contributed by atoms with Gasteiger partial charge in [-0.15, -0.1) is 0 Å². The Balaban J connectivity index is 0.00000102. The van der Waals surface area contributed by atoms with Gasteiger partial charge < -0.3 is 15.6 Å². The second-order valence-corrected chi connectivity index (χ2v) is 7.46. The van der Waals surface area contributed by atoms with Crippen LogP contribution in [0.25, 0.3) is 22.3 Å². The van der Waals surface area contributed by atoms with Gasteiger partial charge in [0.05, 0.1) is 23.3 Å². The number of aromatic amines is 1. The number of aromatic nitrogens is 3. The molecule has 3 heterocycles. The van der Waals surface area contributed by atoms with Crippen LogP contribution in [0.2, 0.25) is 0 Å². The van der Waals surface area contributed by atoms with E-state index in [-0.39, 0.29) is 11.4 Å². The molecule has 3 N–H and O–H groups in total. The number of para-hydroxylation sites is 1. The van der Waals surface area contributed by atoms with Crippen molar-refractivity contribution in [2.75, 3.05) is 5.32 Å². The highest BCUT2D eigenvalue weighted by molar-refractivity contribution is 6.00. The molecule has 0 saturated heterocycles. The fourth-order valence-electron chi connectivity index (χ4n) is 3.10. The first-order chi connectivity index (χ1) is 12.8. The Morgan fingerprint density at radius 3 is 2.52 bits per heavy atom. The highest BCUT2D eigenvalue weighted by Gasteiger charge is 2.23. The molecular formula is C21H27N5O. The summed E-state index contributed by atoms with van der Waals surface area (Å²) in [5, 5.41) is 6.23. The zero-order valence-corrected chi connectivity index (χ0v) is 16.8. The molecule has 0 spiro atoms. The minimum absolute atomic E-state index is 0.0326. The first-order valence-electron chi connectivity index (χ1n) is 9.38. The number of hydrogen-bond donors (Lipinski definition) is 3. The molecule has 0 aliphatic carbocycles. The molecule has 0 atom stereocenters. The summed E-state index contributed by atoms with van der Waals surface area (Å²) >= 11 is 0. The van der Waals surface area contributed by atoms with Crippen molar-refractivity contribution < 1.29 is 4.79 Å². The molecule has 142 valence electrons. The second kappa shape index (κ2) is 7.02. The number of nitrogens with zero attached hydrogens (tertiary/aromatic N) is 2. The van der Waals surface area contributed by atoms with Crippen LogP contribution in [0.15, 0.2) is 24.3 Å². The predicted molar refractivity (Wildman–Crippen MR) is 110 cm³/mol. The summed E-state index contributed by atoms with van der Waals surface area (Å²) in [4.78, 5) is 24.8. The van der Waals surface area contributed by atoms with Crippen LogP contribution in [0, 0.1) is 6.92 Å². The van der Waals surface area contributed by atoms with Crippen LogP contribution in [-0.2, 0) is 6.54 Å². The molecule has 1 amide bonds. The maximum Gasteiger partial charge on any atom is 0.253 e. The minimum atomic E-state index is -0.103. The zero-order valence-electron chi connectivity index (χ0n) is 16.8. The third kappa shape index (κ3) is 3.65. The lowest BCUT2D eigenvalue weighted by atomic mass is 10.1. The summed E-state index contributed by atoms with van der Waals surface area (Å²) in [5.74, 6) is 0.749. The molecule has 0 unspecified atom stereocenters. The average molecular weight is 365 g/mol. The number of carbonyl (C=O) groups excluding carboxylic acids is 1. The molecule has 1 aliphatic heterocycles. The summed E-state index contributed by atoms with van der Waals surface area (Å²) in [6.45, 7) is 12.8. The highest BCUT2D eigenvalue weighted by atomic mass is 16.1. The van der Waals surface area contributed by atoms with Crippen LogP contribution in [0.4, 0.5) is 5.82 Å². The van der Waals surface area contributed by atoms with Crippen molar-refractivity contribution in [3.05, 3.63) is 41.2 Å². The standard InChI is InChI=1S/C19H21N5O.C2H6/c1-10-17(24-19(2,3)4)23-16-11(6-5-7-13(16)21-10)14-8-12-15(22-14)9-20-18(12)25;1-2/h5-8,22H,9H2,1-4H3,(H,20,25)(H,23,24);1-2H3. The maximum atomic E-state index is 11.9. The Bertz CT molecular complexity index is 998. The van der Waals surface area contributed by atoms with Crippen molar-refractivity contribution in [1.29, 1.82) is 0 Å². The third-order valence-corrected chi connectivity index (χ3v) is 4.22. The molecular weight excluding hydrogens is 338 g/mol. The first-order valence-corrected chi connectivity index (χ1v) is 9.38. The van der Waals surface area contributed by atoms with Gasteiger partial charge in [-0.1, -0.05) is 26.0 Å². The van der Waals surface area contributed by atoms with E-state index in [1.807, 2.05) is 45.0 Å². The molecule has 0 saturated carbocycles. The van der Waals surface area contributed by atoms with Crippen LogP contribution >= 0.6 is 0 Å². The number of rotatable bonds is 2. The fraction of sp³-hybridized carbons (Fsp3) is 0.381. The molecule has 6 nitrogen and oxygen atoms in total. The molecule has 0 fully saturated rings.